The van der Waals surface area contributed by atoms with Crippen LogP contribution in [0.4, 0.5) is 4.39 Å². The predicted molar refractivity (Wildman–Crippen MR) is 58.4 cm³/mol. The number of hydrogen-bond acceptors (Lipinski definition) is 4. The van der Waals surface area contributed by atoms with Crippen LogP contribution in [0.25, 0.3) is 5.82 Å². The highest BCUT2D eigenvalue weighted by atomic mass is 19.1. The fraction of sp³-hybridized carbons (Fsp3) is 0.0909. The number of aldehydes is 1. The summed E-state index contributed by atoms with van der Waals surface area (Å²) in [7, 11) is 0. The van der Waals surface area contributed by atoms with Gasteiger partial charge in [-0.15, -0.1) is 0 Å². The Hall–Kier alpha value is -2.57. The minimum atomic E-state index is -1.39. The number of aryl methyl sites for hydroxylation is 1. The molecule has 18 heavy (non-hydrogen) atoms. The van der Waals surface area contributed by atoms with Gasteiger partial charge in [0.05, 0.1) is 6.20 Å². The van der Waals surface area contributed by atoms with Gasteiger partial charge in [-0.1, -0.05) is 0 Å². The van der Waals surface area contributed by atoms with Crippen LogP contribution in [-0.2, 0) is 0 Å². The number of hydrogen-bond donors (Lipinski definition) is 1. The third kappa shape index (κ3) is 1.97. The first-order valence-corrected chi connectivity index (χ1v) is 4.93. The molecule has 0 aliphatic carbocycles. The zero-order valence-electron chi connectivity index (χ0n) is 9.29. The van der Waals surface area contributed by atoms with Crippen molar-refractivity contribution in [2.24, 2.45) is 0 Å². The lowest BCUT2D eigenvalue weighted by molar-refractivity contribution is 0.0691. The topological polar surface area (TPSA) is 85.1 Å². The summed E-state index contributed by atoms with van der Waals surface area (Å²) >= 11 is 0. The van der Waals surface area contributed by atoms with Crippen molar-refractivity contribution in [1.29, 1.82) is 0 Å². The van der Waals surface area contributed by atoms with E-state index in [1.54, 1.807) is 6.92 Å². The molecule has 7 heteroatoms. The summed E-state index contributed by atoms with van der Waals surface area (Å²) in [6, 6.07) is 1.05. The monoisotopic (exact) mass is 249 g/mol. The van der Waals surface area contributed by atoms with E-state index in [1.165, 1.54) is 10.9 Å². The minimum Gasteiger partial charge on any atom is -0.478 e. The molecule has 2 aromatic rings. The maximum absolute atomic E-state index is 13.2. The van der Waals surface area contributed by atoms with E-state index in [9.17, 15) is 14.0 Å². The summed E-state index contributed by atoms with van der Waals surface area (Å²) in [6.45, 7) is 1.68. The smallest absolute Gasteiger partial charge is 0.338 e. The van der Waals surface area contributed by atoms with Gasteiger partial charge in [-0.05, 0) is 12.5 Å². The highest BCUT2D eigenvalue weighted by Gasteiger charge is 2.14. The van der Waals surface area contributed by atoms with Gasteiger partial charge in [0.1, 0.15) is 11.3 Å². The summed E-state index contributed by atoms with van der Waals surface area (Å²) in [6.07, 6.45) is 2.89. The Balaban J connectivity index is 2.53. The van der Waals surface area contributed by atoms with Crippen molar-refractivity contribution in [1.82, 2.24) is 14.8 Å². The van der Waals surface area contributed by atoms with Crippen molar-refractivity contribution in [3.05, 3.63) is 41.1 Å². The molecule has 0 aliphatic heterocycles. The van der Waals surface area contributed by atoms with Crippen molar-refractivity contribution >= 4 is 12.3 Å². The molecule has 0 aliphatic rings. The molecule has 0 spiro atoms. The summed E-state index contributed by atoms with van der Waals surface area (Å²) in [5.74, 6) is -2.19. The molecular formula is C11H8FN3O3. The number of halogens is 1. The molecule has 2 rings (SSSR count). The molecule has 2 aromatic heterocycles. The number of pyridine rings is 1. The van der Waals surface area contributed by atoms with Crippen molar-refractivity contribution in [2.75, 3.05) is 0 Å². The van der Waals surface area contributed by atoms with Gasteiger partial charge in [0.25, 0.3) is 0 Å². The second kappa shape index (κ2) is 4.36. The standard InChI is InChI=1S/C11H8FN3O3/c1-6-4-15(14-9(6)5-16)10-2-7(11(17)18)8(12)3-13-10/h2-5H,1H3,(H,17,18). The van der Waals surface area contributed by atoms with Gasteiger partial charge in [-0.3, -0.25) is 4.79 Å². The molecule has 0 saturated carbocycles. The van der Waals surface area contributed by atoms with Crippen LogP contribution in [0.2, 0.25) is 0 Å². The first-order chi connectivity index (χ1) is 8.52. The zero-order valence-corrected chi connectivity index (χ0v) is 9.29. The fourth-order valence-electron chi connectivity index (χ4n) is 1.42. The Morgan fingerprint density at radius 3 is 2.83 bits per heavy atom. The third-order valence-corrected chi connectivity index (χ3v) is 2.35. The van der Waals surface area contributed by atoms with Gasteiger partial charge in [0.15, 0.2) is 17.9 Å². The third-order valence-electron chi connectivity index (χ3n) is 2.35. The minimum absolute atomic E-state index is 0.130. The molecule has 0 aromatic carbocycles. The van der Waals surface area contributed by atoms with Crippen LogP contribution in [0.3, 0.4) is 0 Å². The molecule has 0 fully saturated rings. The first kappa shape index (κ1) is 11.9. The summed E-state index contributed by atoms with van der Waals surface area (Å²) in [5, 5.41) is 12.7. The van der Waals surface area contributed by atoms with Crippen LogP contribution >= 0.6 is 0 Å². The lowest BCUT2D eigenvalue weighted by Crippen LogP contribution is -2.06. The maximum Gasteiger partial charge on any atom is 0.338 e. The van der Waals surface area contributed by atoms with E-state index in [1.807, 2.05) is 0 Å². The fourth-order valence-corrected chi connectivity index (χ4v) is 1.42. The number of rotatable bonds is 3. The molecule has 0 unspecified atom stereocenters. The van der Waals surface area contributed by atoms with Crippen LogP contribution in [0.5, 0.6) is 0 Å². The molecule has 0 atom stereocenters. The summed E-state index contributed by atoms with van der Waals surface area (Å²) < 4.78 is 14.4. The molecule has 0 amide bonds. The number of carbonyl (C=O) groups excluding carboxylic acids is 1. The second-order valence-electron chi connectivity index (χ2n) is 3.59. The van der Waals surface area contributed by atoms with Crippen molar-refractivity contribution in [3.8, 4) is 5.82 Å². The molecule has 0 radical (unpaired) electrons. The van der Waals surface area contributed by atoms with E-state index in [-0.39, 0.29) is 11.5 Å². The number of carbonyl (C=O) groups is 2. The number of carboxylic acids is 1. The number of aromatic nitrogens is 3. The number of carboxylic acid groups (broad SMARTS) is 1. The second-order valence-corrected chi connectivity index (χ2v) is 3.59. The van der Waals surface area contributed by atoms with Crippen LogP contribution in [-0.4, -0.2) is 32.1 Å². The number of nitrogens with zero attached hydrogens (tertiary/aromatic N) is 3. The van der Waals surface area contributed by atoms with Gasteiger partial charge in [0, 0.05) is 12.3 Å². The Bertz CT molecular complexity index is 636. The van der Waals surface area contributed by atoms with Crippen molar-refractivity contribution in [2.45, 2.75) is 6.92 Å². The molecule has 92 valence electrons. The Morgan fingerprint density at radius 2 is 2.28 bits per heavy atom. The van der Waals surface area contributed by atoms with Crippen LogP contribution in [0, 0.1) is 12.7 Å². The van der Waals surface area contributed by atoms with Gasteiger partial charge in [-0.2, -0.15) is 5.10 Å². The molecule has 0 saturated heterocycles. The Kier molecular flexibility index (Phi) is 2.88. The SMILES string of the molecule is Cc1cn(-c2cc(C(=O)O)c(F)cn2)nc1C=O. The molecular weight excluding hydrogens is 241 g/mol. The highest BCUT2D eigenvalue weighted by molar-refractivity contribution is 5.88. The molecule has 6 nitrogen and oxygen atoms in total. The Morgan fingerprint density at radius 1 is 1.56 bits per heavy atom. The predicted octanol–water partition coefficient (Wildman–Crippen LogP) is 1.23. The summed E-state index contributed by atoms with van der Waals surface area (Å²) in [4.78, 5) is 25.2. The van der Waals surface area contributed by atoms with E-state index in [0.717, 1.165) is 12.3 Å². The van der Waals surface area contributed by atoms with E-state index < -0.39 is 17.3 Å². The van der Waals surface area contributed by atoms with Crippen molar-refractivity contribution in [3.63, 3.8) is 0 Å². The molecule has 2 heterocycles. The summed E-state index contributed by atoms with van der Waals surface area (Å²) in [5.41, 5.74) is 0.340. The lowest BCUT2D eigenvalue weighted by atomic mass is 10.2. The molecule has 0 bridgehead atoms. The quantitative estimate of drug-likeness (QED) is 0.827. The van der Waals surface area contributed by atoms with E-state index >= 15 is 0 Å². The first-order valence-electron chi connectivity index (χ1n) is 4.93. The molecule has 1 N–H and O–H groups in total. The van der Waals surface area contributed by atoms with Gasteiger partial charge >= 0.3 is 5.97 Å². The average molecular weight is 249 g/mol. The van der Waals surface area contributed by atoms with Crippen LogP contribution in [0.15, 0.2) is 18.5 Å². The van der Waals surface area contributed by atoms with E-state index in [4.69, 9.17) is 5.11 Å². The van der Waals surface area contributed by atoms with Crippen LogP contribution in [0.1, 0.15) is 26.4 Å². The van der Waals surface area contributed by atoms with Gasteiger partial charge < -0.3 is 5.11 Å². The normalized spacial score (nSPS) is 10.3. The largest absolute Gasteiger partial charge is 0.478 e. The van der Waals surface area contributed by atoms with Crippen molar-refractivity contribution < 1.29 is 19.1 Å². The van der Waals surface area contributed by atoms with Crippen LogP contribution < -0.4 is 0 Å². The van der Waals surface area contributed by atoms with Gasteiger partial charge in [-0.25, -0.2) is 18.9 Å². The maximum atomic E-state index is 13.2. The van der Waals surface area contributed by atoms with Gasteiger partial charge in [0.2, 0.25) is 0 Å². The van der Waals surface area contributed by atoms with E-state index in [0.29, 0.717) is 11.8 Å². The lowest BCUT2D eigenvalue weighted by Gasteiger charge is -2.02. The average Bonchev–Trinajstić information content (AvgIpc) is 2.70. The number of aromatic carboxylic acids is 1. The van der Waals surface area contributed by atoms with E-state index in [2.05, 4.69) is 10.1 Å². The highest BCUT2D eigenvalue weighted by Crippen LogP contribution is 2.13. The Labute approximate surface area is 101 Å². The zero-order chi connectivity index (χ0) is 13.3.